The zero-order chi connectivity index (χ0) is 14.2. The first-order valence-electron chi connectivity index (χ1n) is 7.41. The highest BCUT2D eigenvalue weighted by Crippen LogP contribution is 2.10. The van der Waals surface area contributed by atoms with Gasteiger partial charge in [0.05, 0.1) is 5.56 Å². The molecule has 4 heteroatoms. The van der Waals surface area contributed by atoms with Crippen molar-refractivity contribution in [2.75, 3.05) is 26.2 Å². The zero-order valence-corrected chi connectivity index (χ0v) is 11.9. The van der Waals surface area contributed by atoms with E-state index in [0.29, 0.717) is 6.54 Å². The van der Waals surface area contributed by atoms with Gasteiger partial charge >= 0.3 is 0 Å². The molecule has 1 aromatic carbocycles. The highest BCUT2D eigenvalue weighted by atomic mass is 19.1. The van der Waals surface area contributed by atoms with Gasteiger partial charge < -0.3 is 10.2 Å². The first kappa shape index (κ1) is 15.0. The lowest BCUT2D eigenvalue weighted by molar-refractivity contribution is 0.225. The number of nitrogens with zero attached hydrogens (tertiary/aromatic N) is 2. The molecule has 1 N–H and O–H groups in total. The molecule has 20 heavy (non-hydrogen) atoms. The molecule has 1 saturated heterocycles. The van der Waals surface area contributed by atoms with Crippen molar-refractivity contribution >= 4 is 0 Å². The van der Waals surface area contributed by atoms with Gasteiger partial charge in [0.15, 0.2) is 0 Å². The molecule has 1 fully saturated rings. The molecule has 0 unspecified atom stereocenters. The standard InChI is InChI=1S/C16H22FN3/c17-16-6-5-14(11-15(16)12-18)13-19-7-4-10-20-8-2-1-3-9-20/h5-6,11,19H,1-4,7-10,13H2. The third kappa shape index (κ3) is 4.59. The largest absolute Gasteiger partial charge is 0.313 e. The second kappa shape index (κ2) is 7.98. The summed E-state index contributed by atoms with van der Waals surface area (Å²) in [6.07, 6.45) is 5.17. The first-order valence-corrected chi connectivity index (χ1v) is 7.41. The Labute approximate surface area is 120 Å². The number of likely N-dealkylation sites (tertiary alicyclic amines) is 1. The molecule has 1 heterocycles. The second-order valence-electron chi connectivity index (χ2n) is 5.36. The molecule has 0 spiro atoms. The number of rotatable bonds is 6. The van der Waals surface area contributed by atoms with Gasteiger partial charge in [-0.05, 0) is 63.1 Å². The monoisotopic (exact) mass is 275 g/mol. The van der Waals surface area contributed by atoms with E-state index < -0.39 is 5.82 Å². The molecule has 108 valence electrons. The lowest BCUT2D eigenvalue weighted by Gasteiger charge is -2.26. The number of hydrogen-bond acceptors (Lipinski definition) is 3. The van der Waals surface area contributed by atoms with Gasteiger partial charge in [0.2, 0.25) is 0 Å². The van der Waals surface area contributed by atoms with Crippen LogP contribution < -0.4 is 5.32 Å². The molecule has 0 bridgehead atoms. The van der Waals surface area contributed by atoms with Gasteiger partial charge in [0.1, 0.15) is 11.9 Å². The number of nitriles is 1. The topological polar surface area (TPSA) is 39.1 Å². The smallest absolute Gasteiger partial charge is 0.140 e. The summed E-state index contributed by atoms with van der Waals surface area (Å²) < 4.78 is 13.2. The predicted molar refractivity (Wildman–Crippen MR) is 77.7 cm³/mol. The fourth-order valence-corrected chi connectivity index (χ4v) is 2.61. The van der Waals surface area contributed by atoms with E-state index in [1.165, 1.54) is 38.4 Å². The van der Waals surface area contributed by atoms with E-state index in [4.69, 9.17) is 5.26 Å². The van der Waals surface area contributed by atoms with Crippen molar-refractivity contribution in [3.63, 3.8) is 0 Å². The summed E-state index contributed by atoms with van der Waals surface area (Å²) in [6, 6.07) is 6.58. The van der Waals surface area contributed by atoms with Crippen LogP contribution in [0.1, 0.15) is 36.8 Å². The van der Waals surface area contributed by atoms with Gasteiger partial charge in [-0.25, -0.2) is 4.39 Å². The van der Waals surface area contributed by atoms with Crippen LogP contribution in [-0.2, 0) is 6.54 Å². The van der Waals surface area contributed by atoms with E-state index in [1.807, 2.05) is 6.07 Å². The molecule has 0 aliphatic carbocycles. The summed E-state index contributed by atoms with van der Waals surface area (Å²) in [5.41, 5.74) is 1.08. The van der Waals surface area contributed by atoms with Crippen molar-refractivity contribution in [1.29, 1.82) is 5.26 Å². The van der Waals surface area contributed by atoms with Crippen LogP contribution in [0.5, 0.6) is 0 Å². The van der Waals surface area contributed by atoms with Crippen molar-refractivity contribution in [2.45, 2.75) is 32.2 Å². The fourth-order valence-electron chi connectivity index (χ4n) is 2.61. The van der Waals surface area contributed by atoms with Crippen LogP contribution in [0.3, 0.4) is 0 Å². The highest BCUT2D eigenvalue weighted by Gasteiger charge is 2.08. The summed E-state index contributed by atoms with van der Waals surface area (Å²) in [6.45, 7) is 5.28. The Kier molecular flexibility index (Phi) is 5.97. The Morgan fingerprint density at radius 2 is 2.05 bits per heavy atom. The van der Waals surface area contributed by atoms with Crippen LogP contribution in [0.2, 0.25) is 0 Å². The average molecular weight is 275 g/mol. The normalized spacial score (nSPS) is 16.0. The van der Waals surface area contributed by atoms with Crippen LogP contribution in [0.4, 0.5) is 4.39 Å². The maximum atomic E-state index is 13.2. The molecule has 0 saturated carbocycles. The molecule has 1 aliphatic rings. The SMILES string of the molecule is N#Cc1cc(CNCCCN2CCCCC2)ccc1F. The van der Waals surface area contributed by atoms with E-state index in [0.717, 1.165) is 25.1 Å². The Morgan fingerprint density at radius 3 is 2.80 bits per heavy atom. The molecule has 0 atom stereocenters. The number of benzene rings is 1. The first-order chi connectivity index (χ1) is 9.79. The van der Waals surface area contributed by atoms with Gasteiger partial charge in [-0.1, -0.05) is 12.5 Å². The van der Waals surface area contributed by atoms with E-state index in [-0.39, 0.29) is 5.56 Å². The molecule has 3 nitrogen and oxygen atoms in total. The van der Waals surface area contributed by atoms with Gasteiger partial charge in [0.25, 0.3) is 0 Å². The number of nitrogens with one attached hydrogen (secondary N) is 1. The minimum Gasteiger partial charge on any atom is -0.313 e. The number of hydrogen-bond donors (Lipinski definition) is 1. The third-order valence-corrected chi connectivity index (χ3v) is 3.76. The minimum absolute atomic E-state index is 0.123. The summed E-state index contributed by atoms with van der Waals surface area (Å²) in [5, 5.41) is 12.1. The van der Waals surface area contributed by atoms with Crippen LogP contribution in [0, 0.1) is 17.1 Å². The van der Waals surface area contributed by atoms with Crippen molar-refractivity contribution in [3.05, 3.63) is 35.1 Å². The van der Waals surface area contributed by atoms with Gasteiger partial charge in [-0.3, -0.25) is 0 Å². The van der Waals surface area contributed by atoms with Gasteiger partial charge in [0, 0.05) is 6.54 Å². The Hall–Kier alpha value is -1.44. The lowest BCUT2D eigenvalue weighted by atomic mass is 10.1. The molecule has 1 aliphatic heterocycles. The second-order valence-corrected chi connectivity index (χ2v) is 5.36. The average Bonchev–Trinajstić information content (AvgIpc) is 2.49. The summed E-state index contributed by atoms with van der Waals surface area (Å²) >= 11 is 0. The number of piperidine rings is 1. The van der Waals surface area contributed by atoms with Crippen molar-refractivity contribution in [1.82, 2.24) is 10.2 Å². The maximum absolute atomic E-state index is 13.2. The minimum atomic E-state index is -0.443. The van der Waals surface area contributed by atoms with E-state index in [2.05, 4.69) is 10.2 Å². The van der Waals surface area contributed by atoms with E-state index in [9.17, 15) is 4.39 Å². The maximum Gasteiger partial charge on any atom is 0.140 e. The highest BCUT2D eigenvalue weighted by molar-refractivity contribution is 5.34. The van der Waals surface area contributed by atoms with Crippen molar-refractivity contribution < 1.29 is 4.39 Å². The Balaban J connectivity index is 1.64. The molecular formula is C16H22FN3. The molecule has 0 radical (unpaired) electrons. The van der Waals surface area contributed by atoms with Crippen LogP contribution in [-0.4, -0.2) is 31.1 Å². The molecule has 1 aromatic rings. The summed E-state index contributed by atoms with van der Waals surface area (Å²) in [7, 11) is 0. The predicted octanol–water partition coefficient (Wildman–Crippen LogP) is 2.66. The van der Waals surface area contributed by atoms with Gasteiger partial charge in [-0.15, -0.1) is 0 Å². The molecule has 2 rings (SSSR count). The number of halogens is 1. The van der Waals surface area contributed by atoms with Crippen molar-refractivity contribution in [3.8, 4) is 6.07 Å². The molecule has 0 amide bonds. The molecular weight excluding hydrogens is 253 g/mol. The van der Waals surface area contributed by atoms with E-state index in [1.54, 1.807) is 12.1 Å². The molecule has 0 aromatic heterocycles. The summed E-state index contributed by atoms with van der Waals surface area (Å²) in [5.74, 6) is -0.443. The van der Waals surface area contributed by atoms with Crippen molar-refractivity contribution in [2.24, 2.45) is 0 Å². The van der Waals surface area contributed by atoms with Crippen LogP contribution >= 0.6 is 0 Å². The fraction of sp³-hybridized carbons (Fsp3) is 0.562. The van der Waals surface area contributed by atoms with Crippen LogP contribution in [0.15, 0.2) is 18.2 Å². The van der Waals surface area contributed by atoms with Crippen LogP contribution in [0.25, 0.3) is 0 Å². The zero-order valence-electron chi connectivity index (χ0n) is 11.9. The third-order valence-electron chi connectivity index (χ3n) is 3.76. The Bertz CT molecular complexity index is 461. The summed E-state index contributed by atoms with van der Waals surface area (Å²) in [4.78, 5) is 2.52. The van der Waals surface area contributed by atoms with E-state index >= 15 is 0 Å². The quantitative estimate of drug-likeness (QED) is 0.811. The lowest BCUT2D eigenvalue weighted by Crippen LogP contribution is -2.32. The Morgan fingerprint density at radius 1 is 1.25 bits per heavy atom. The van der Waals surface area contributed by atoms with Gasteiger partial charge in [-0.2, -0.15) is 5.26 Å².